The number of amides is 1. The molecule has 1 aliphatic carbocycles. The number of rotatable bonds is 10. The van der Waals surface area contributed by atoms with Gasteiger partial charge in [-0.1, -0.05) is 0 Å². The smallest absolute Gasteiger partial charge is 0.248 e. The van der Waals surface area contributed by atoms with Crippen molar-refractivity contribution in [3.05, 3.63) is 30.4 Å². The predicted molar refractivity (Wildman–Crippen MR) is 141 cm³/mol. The van der Waals surface area contributed by atoms with Crippen LogP contribution in [-0.2, 0) is 9.53 Å². The van der Waals surface area contributed by atoms with Crippen LogP contribution >= 0.6 is 0 Å². The standard InChI is InChI=1S/C24H32N12O2/c1-38-13-12-34-8-10-35(11-9-34)23-29-22(28-19-14-17(32-33-19)16-2-3-16)30-24(31-23)36-7-4-18(36)21(37)27-20-15-25-5-6-26-20/h5-6,14-16,18H,2-4,7-13H2,1H3,(H,26,27,37)(H2,28,29,30,31,32,33)/t18-/m0/s1. The molecule has 14 nitrogen and oxygen atoms in total. The Hall–Kier alpha value is -3.91. The number of nitrogens with zero attached hydrogens (tertiary/aromatic N) is 9. The van der Waals surface area contributed by atoms with E-state index in [1.165, 1.54) is 19.0 Å². The number of hydrogen-bond donors (Lipinski definition) is 3. The zero-order valence-electron chi connectivity index (χ0n) is 21.4. The van der Waals surface area contributed by atoms with Gasteiger partial charge in [-0.2, -0.15) is 20.1 Å². The van der Waals surface area contributed by atoms with Gasteiger partial charge in [0.2, 0.25) is 23.8 Å². The number of anilines is 5. The van der Waals surface area contributed by atoms with Gasteiger partial charge in [0.1, 0.15) is 6.04 Å². The van der Waals surface area contributed by atoms with Crippen LogP contribution in [0.3, 0.4) is 0 Å². The second kappa shape index (κ2) is 10.8. The van der Waals surface area contributed by atoms with Crippen molar-refractivity contribution in [1.82, 2.24) is 40.0 Å². The predicted octanol–water partition coefficient (Wildman–Crippen LogP) is 0.992. The summed E-state index contributed by atoms with van der Waals surface area (Å²) < 4.78 is 5.23. The fourth-order valence-corrected chi connectivity index (χ4v) is 4.66. The van der Waals surface area contributed by atoms with Crippen molar-refractivity contribution >= 4 is 35.4 Å². The number of ether oxygens (including phenoxy) is 1. The maximum Gasteiger partial charge on any atom is 0.248 e. The minimum absolute atomic E-state index is 0.165. The highest BCUT2D eigenvalue weighted by molar-refractivity contribution is 5.97. The third-order valence-corrected chi connectivity index (χ3v) is 7.13. The van der Waals surface area contributed by atoms with Gasteiger partial charge in [0.15, 0.2) is 11.6 Å². The number of carbonyl (C=O) groups is 1. The molecule has 0 aromatic carbocycles. The van der Waals surface area contributed by atoms with Crippen molar-refractivity contribution in [3.8, 4) is 0 Å². The summed E-state index contributed by atoms with van der Waals surface area (Å²) in [5, 5.41) is 13.6. The topological polar surface area (TPSA) is 153 Å². The molecule has 200 valence electrons. The van der Waals surface area contributed by atoms with Crippen molar-refractivity contribution in [2.75, 3.05) is 73.4 Å². The van der Waals surface area contributed by atoms with E-state index in [0.717, 1.165) is 38.4 Å². The molecular formula is C24H32N12O2. The van der Waals surface area contributed by atoms with Crippen LogP contribution in [0.5, 0.6) is 0 Å². The molecule has 38 heavy (non-hydrogen) atoms. The Morgan fingerprint density at radius 2 is 1.89 bits per heavy atom. The van der Waals surface area contributed by atoms with Crippen LogP contribution in [0.2, 0.25) is 0 Å². The van der Waals surface area contributed by atoms with E-state index in [4.69, 9.17) is 14.7 Å². The van der Waals surface area contributed by atoms with E-state index >= 15 is 0 Å². The van der Waals surface area contributed by atoms with Crippen molar-refractivity contribution in [2.24, 2.45) is 0 Å². The molecule has 0 spiro atoms. The lowest BCUT2D eigenvalue weighted by atomic mass is 10.0. The first-order valence-electron chi connectivity index (χ1n) is 13.0. The number of methoxy groups -OCH3 is 1. The van der Waals surface area contributed by atoms with E-state index in [1.54, 1.807) is 19.5 Å². The molecule has 6 rings (SSSR count). The molecule has 14 heteroatoms. The molecule has 0 bridgehead atoms. The summed E-state index contributed by atoms with van der Waals surface area (Å²) in [6.45, 7) is 5.64. The summed E-state index contributed by atoms with van der Waals surface area (Å²) in [6.07, 6.45) is 7.70. The number of aromatic nitrogens is 7. The van der Waals surface area contributed by atoms with E-state index < -0.39 is 6.04 Å². The SMILES string of the molecule is COCCN1CCN(c2nc(Nc3cc(C4CC4)[nH]n3)nc(N3CC[C@H]3C(=O)Nc3cnccn3)n2)CC1. The highest BCUT2D eigenvalue weighted by Gasteiger charge is 2.37. The number of carbonyl (C=O) groups excluding carboxylic acids is 1. The fraction of sp³-hybridized carbons (Fsp3) is 0.542. The van der Waals surface area contributed by atoms with Crippen molar-refractivity contribution in [2.45, 2.75) is 31.2 Å². The van der Waals surface area contributed by atoms with Gasteiger partial charge in [0.05, 0.1) is 12.8 Å². The lowest BCUT2D eigenvalue weighted by Gasteiger charge is -2.40. The van der Waals surface area contributed by atoms with Gasteiger partial charge in [0, 0.05) is 76.5 Å². The maximum atomic E-state index is 13.0. The highest BCUT2D eigenvalue weighted by Crippen LogP contribution is 2.39. The monoisotopic (exact) mass is 520 g/mol. The van der Waals surface area contributed by atoms with E-state index in [-0.39, 0.29) is 5.91 Å². The molecule has 0 unspecified atom stereocenters. The molecule has 3 aromatic rings. The zero-order chi connectivity index (χ0) is 25.9. The van der Waals surface area contributed by atoms with Crippen molar-refractivity contribution in [1.29, 1.82) is 0 Å². The number of aromatic amines is 1. The first-order valence-corrected chi connectivity index (χ1v) is 13.0. The Morgan fingerprint density at radius 3 is 2.61 bits per heavy atom. The maximum absolute atomic E-state index is 13.0. The van der Waals surface area contributed by atoms with Gasteiger partial charge < -0.3 is 25.2 Å². The van der Waals surface area contributed by atoms with E-state index in [2.05, 4.69) is 45.6 Å². The van der Waals surface area contributed by atoms with E-state index in [0.29, 0.717) is 55.0 Å². The van der Waals surface area contributed by atoms with Gasteiger partial charge >= 0.3 is 0 Å². The average molecular weight is 521 g/mol. The summed E-state index contributed by atoms with van der Waals surface area (Å²) in [6, 6.07) is 1.61. The van der Waals surface area contributed by atoms with E-state index in [9.17, 15) is 4.79 Å². The Kier molecular flexibility index (Phi) is 6.96. The Bertz CT molecular complexity index is 1240. The van der Waals surface area contributed by atoms with Gasteiger partial charge in [-0.15, -0.1) is 0 Å². The molecule has 5 heterocycles. The molecule has 2 aliphatic heterocycles. The molecule has 0 radical (unpaired) electrons. The van der Waals surface area contributed by atoms with Crippen LogP contribution in [0.1, 0.15) is 30.9 Å². The highest BCUT2D eigenvalue weighted by atomic mass is 16.5. The first-order chi connectivity index (χ1) is 18.7. The minimum Gasteiger partial charge on any atom is -0.383 e. The van der Waals surface area contributed by atoms with Crippen LogP contribution in [0.25, 0.3) is 0 Å². The van der Waals surface area contributed by atoms with Crippen LogP contribution < -0.4 is 20.4 Å². The molecule has 1 atom stereocenters. The number of hydrogen-bond acceptors (Lipinski definition) is 12. The molecule has 3 aromatic heterocycles. The normalized spacial score (nSPS) is 19.8. The second-order valence-electron chi connectivity index (χ2n) is 9.77. The van der Waals surface area contributed by atoms with Gasteiger partial charge in [-0.25, -0.2) is 4.98 Å². The molecule has 3 aliphatic rings. The summed E-state index contributed by atoms with van der Waals surface area (Å²) in [5.74, 6) is 2.93. The molecule has 3 N–H and O–H groups in total. The van der Waals surface area contributed by atoms with Gasteiger partial charge in [-0.05, 0) is 19.3 Å². The number of H-pyrrole nitrogens is 1. The first kappa shape index (κ1) is 24.4. The fourth-order valence-electron chi connectivity index (χ4n) is 4.66. The number of nitrogens with one attached hydrogen (secondary N) is 3. The molecule has 3 fully saturated rings. The Labute approximate surface area is 220 Å². The lowest BCUT2D eigenvalue weighted by Crippen LogP contribution is -2.55. The Morgan fingerprint density at radius 1 is 1.05 bits per heavy atom. The van der Waals surface area contributed by atoms with E-state index in [1.807, 2.05) is 11.0 Å². The van der Waals surface area contributed by atoms with Gasteiger partial charge in [-0.3, -0.25) is 19.8 Å². The molecule has 2 saturated heterocycles. The quantitative estimate of drug-likeness (QED) is 0.349. The van der Waals surface area contributed by atoms with Crippen LogP contribution in [-0.4, -0.2) is 105 Å². The lowest BCUT2D eigenvalue weighted by molar-refractivity contribution is -0.118. The third kappa shape index (κ3) is 5.50. The summed E-state index contributed by atoms with van der Waals surface area (Å²) >= 11 is 0. The Balaban J connectivity index is 1.21. The van der Waals surface area contributed by atoms with Crippen LogP contribution in [0.15, 0.2) is 24.7 Å². The van der Waals surface area contributed by atoms with Crippen molar-refractivity contribution in [3.63, 3.8) is 0 Å². The number of piperazine rings is 1. The molecule has 1 amide bonds. The van der Waals surface area contributed by atoms with Crippen LogP contribution in [0, 0.1) is 0 Å². The summed E-state index contributed by atoms with van der Waals surface area (Å²) in [5.41, 5.74) is 1.12. The van der Waals surface area contributed by atoms with Crippen LogP contribution in [0.4, 0.5) is 29.5 Å². The second-order valence-corrected chi connectivity index (χ2v) is 9.77. The average Bonchev–Trinajstić information content (AvgIpc) is 3.66. The molecule has 1 saturated carbocycles. The van der Waals surface area contributed by atoms with Gasteiger partial charge in [0.25, 0.3) is 0 Å². The third-order valence-electron chi connectivity index (χ3n) is 7.13. The summed E-state index contributed by atoms with van der Waals surface area (Å²) in [7, 11) is 1.72. The zero-order valence-corrected chi connectivity index (χ0v) is 21.4. The largest absolute Gasteiger partial charge is 0.383 e. The van der Waals surface area contributed by atoms with Crippen molar-refractivity contribution < 1.29 is 9.53 Å². The summed E-state index contributed by atoms with van der Waals surface area (Å²) in [4.78, 5) is 41.8. The molecular weight excluding hydrogens is 488 g/mol. The minimum atomic E-state index is -0.405.